The molecule has 4 nitrogen and oxygen atoms in total. The predicted molar refractivity (Wildman–Crippen MR) is 77.9 cm³/mol. The fraction of sp³-hybridized carbons (Fsp3) is 0.562. The third kappa shape index (κ3) is 2.52. The molecule has 0 spiro atoms. The minimum atomic E-state index is -0.759. The zero-order valence-electron chi connectivity index (χ0n) is 12.7. The topological polar surface area (TPSA) is 47.6 Å². The number of hydrogen-bond acceptors (Lipinski definition) is 4. The minimum Gasteiger partial charge on any atom is -0.497 e. The minimum absolute atomic E-state index is 0.186. The lowest BCUT2D eigenvalue weighted by Gasteiger charge is -2.39. The van der Waals surface area contributed by atoms with Crippen LogP contribution in [0.3, 0.4) is 0 Å². The van der Waals surface area contributed by atoms with E-state index in [1.807, 2.05) is 32.0 Å². The van der Waals surface area contributed by atoms with E-state index in [0.29, 0.717) is 0 Å². The number of ether oxygens (including phenoxy) is 2. The number of hydrogen-bond donors (Lipinski definition) is 1. The molecular weight excluding hydrogens is 254 g/mol. The van der Waals surface area contributed by atoms with Crippen molar-refractivity contribution in [1.82, 2.24) is 5.32 Å². The molecule has 0 aliphatic heterocycles. The second kappa shape index (κ2) is 5.83. The summed E-state index contributed by atoms with van der Waals surface area (Å²) in [6, 6.07) is 6.14. The molecule has 1 aliphatic carbocycles. The molecule has 20 heavy (non-hydrogen) atoms. The third-order valence-corrected chi connectivity index (χ3v) is 3.84. The van der Waals surface area contributed by atoms with Crippen molar-refractivity contribution in [3.05, 3.63) is 29.3 Å². The Kier molecular flexibility index (Phi) is 4.33. The van der Waals surface area contributed by atoms with Crippen LogP contribution in [0.15, 0.2) is 18.2 Å². The Bertz CT molecular complexity index is 498. The van der Waals surface area contributed by atoms with E-state index in [-0.39, 0.29) is 12.0 Å². The van der Waals surface area contributed by atoms with Crippen molar-refractivity contribution in [3.8, 4) is 5.75 Å². The third-order valence-electron chi connectivity index (χ3n) is 3.84. The van der Waals surface area contributed by atoms with Crippen LogP contribution in [0.5, 0.6) is 5.75 Å². The SMILES string of the molecule is COC(=O)C1(NC(C)C)CCCc2ccc(OC)cc21. The van der Waals surface area contributed by atoms with Gasteiger partial charge in [0.25, 0.3) is 0 Å². The van der Waals surface area contributed by atoms with Crippen LogP contribution in [0.4, 0.5) is 0 Å². The Morgan fingerprint density at radius 3 is 2.70 bits per heavy atom. The molecule has 4 heteroatoms. The number of esters is 1. The van der Waals surface area contributed by atoms with Crippen LogP contribution >= 0.6 is 0 Å². The van der Waals surface area contributed by atoms with Gasteiger partial charge in [0.05, 0.1) is 14.2 Å². The molecule has 0 saturated carbocycles. The molecule has 0 radical (unpaired) electrons. The molecule has 1 N–H and O–H groups in total. The molecule has 110 valence electrons. The summed E-state index contributed by atoms with van der Waals surface area (Å²) in [6.07, 6.45) is 2.70. The van der Waals surface area contributed by atoms with E-state index < -0.39 is 5.54 Å². The highest BCUT2D eigenvalue weighted by molar-refractivity contribution is 5.83. The molecule has 0 saturated heterocycles. The van der Waals surface area contributed by atoms with E-state index in [4.69, 9.17) is 9.47 Å². The maximum atomic E-state index is 12.5. The number of carbonyl (C=O) groups excluding carboxylic acids is 1. The molecule has 1 aliphatic rings. The van der Waals surface area contributed by atoms with E-state index in [1.165, 1.54) is 12.7 Å². The van der Waals surface area contributed by atoms with Crippen LogP contribution in [0.1, 0.15) is 37.8 Å². The molecule has 0 bridgehead atoms. The number of aryl methyl sites for hydroxylation is 1. The summed E-state index contributed by atoms with van der Waals surface area (Å²) in [5, 5.41) is 3.42. The van der Waals surface area contributed by atoms with Gasteiger partial charge in [-0.1, -0.05) is 6.07 Å². The Balaban J connectivity index is 2.56. The van der Waals surface area contributed by atoms with Gasteiger partial charge in [-0.3, -0.25) is 5.32 Å². The van der Waals surface area contributed by atoms with E-state index in [0.717, 1.165) is 30.6 Å². The fourth-order valence-corrected chi connectivity index (χ4v) is 3.06. The van der Waals surface area contributed by atoms with Crippen LogP contribution < -0.4 is 10.1 Å². The molecule has 0 heterocycles. The summed E-state index contributed by atoms with van der Waals surface area (Å²) in [7, 11) is 3.08. The lowest BCUT2D eigenvalue weighted by atomic mass is 9.76. The number of rotatable bonds is 4. The number of carbonyl (C=O) groups is 1. The summed E-state index contributed by atoms with van der Waals surface area (Å²) in [5.41, 5.74) is 1.42. The number of nitrogens with one attached hydrogen (secondary N) is 1. The summed E-state index contributed by atoms with van der Waals surface area (Å²) in [5.74, 6) is 0.546. The first-order chi connectivity index (χ1) is 9.53. The number of methoxy groups -OCH3 is 2. The molecule has 1 atom stereocenters. The number of benzene rings is 1. The van der Waals surface area contributed by atoms with E-state index in [2.05, 4.69) is 5.32 Å². The lowest BCUT2D eigenvalue weighted by Crippen LogP contribution is -2.54. The molecule has 0 aromatic heterocycles. The van der Waals surface area contributed by atoms with Gasteiger partial charge in [0, 0.05) is 6.04 Å². The van der Waals surface area contributed by atoms with Crippen molar-refractivity contribution < 1.29 is 14.3 Å². The van der Waals surface area contributed by atoms with Crippen molar-refractivity contribution in [2.24, 2.45) is 0 Å². The standard InChI is InChI=1S/C16H23NO3/c1-11(2)17-16(15(18)20-4)9-5-6-12-7-8-13(19-3)10-14(12)16/h7-8,10-11,17H,5-6,9H2,1-4H3. The van der Waals surface area contributed by atoms with Gasteiger partial charge in [-0.25, -0.2) is 4.79 Å². The Morgan fingerprint density at radius 1 is 1.35 bits per heavy atom. The molecule has 2 rings (SSSR count). The van der Waals surface area contributed by atoms with Gasteiger partial charge in [-0.05, 0) is 56.4 Å². The smallest absolute Gasteiger partial charge is 0.330 e. The molecule has 1 aromatic carbocycles. The molecule has 0 amide bonds. The van der Waals surface area contributed by atoms with E-state index in [9.17, 15) is 4.79 Å². The number of fused-ring (bicyclic) bond motifs is 1. The highest BCUT2D eigenvalue weighted by Gasteiger charge is 2.45. The Hall–Kier alpha value is -1.55. The van der Waals surface area contributed by atoms with Crippen LogP contribution in [0, 0.1) is 0 Å². The van der Waals surface area contributed by atoms with Gasteiger partial charge in [0.1, 0.15) is 11.3 Å². The quantitative estimate of drug-likeness (QED) is 0.859. The summed E-state index contributed by atoms with van der Waals surface area (Å²) < 4.78 is 10.4. The normalized spacial score (nSPS) is 21.4. The van der Waals surface area contributed by atoms with Crippen LogP contribution in [-0.4, -0.2) is 26.2 Å². The maximum absolute atomic E-state index is 12.5. The zero-order valence-corrected chi connectivity index (χ0v) is 12.7. The van der Waals surface area contributed by atoms with Crippen LogP contribution in [0.2, 0.25) is 0 Å². The van der Waals surface area contributed by atoms with Gasteiger partial charge >= 0.3 is 5.97 Å². The van der Waals surface area contributed by atoms with Gasteiger partial charge in [-0.2, -0.15) is 0 Å². The second-order valence-electron chi connectivity index (χ2n) is 5.57. The second-order valence-corrected chi connectivity index (χ2v) is 5.57. The van der Waals surface area contributed by atoms with Crippen LogP contribution in [0.25, 0.3) is 0 Å². The van der Waals surface area contributed by atoms with Gasteiger partial charge in [-0.15, -0.1) is 0 Å². The van der Waals surface area contributed by atoms with Gasteiger partial charge < -0.3 is 9.47 Å². The van der Waals surface area contributed by atoms with Crippen molar-refractivity contribution in [1.29, 1.82) is 0 Å². The first-order valence-electron chi connectivity index (χ1n) is 7.07. The highest BCUT2D eigenvalue weighted by Crippen LogP contribution is 2.38. The summed E-state index contributed by atoms with van der Waals surface area (Å²) >= 11 is 0. The average molecular weight is 277 g/mol. The van der Waals surface area contributed by atoms with E-state index >= 15 is 0 Å². The molecular formula is C16H23NO3. The van der Waals surface area contributed by atoms with Gasteiger partial charge in [0.15, 0.2) is 0 Å². The van der Waals surface area contributed by atoms with Crippen LogP contribution in [-0.2, 0) is 21.5 Å². The predicted octanol–water partition coefficient (Wildman–Crippen LogP) is 2.40. The van der Waals surface area contributed by atoms with Crippen molar-refractivity contribution >= 4 is 5.97 Å². The largest absolute Gasteiger partial charge is 0.497 e. The average Bonchev–Trinajstić information content (AvgIpc) is 2.45. The highest BCUT2D eigenvalue weighted by atomic mass is 16.5. The molecule has 1 aromatic rings. The first-order valence-corrected chi connectivity index (χ1v) is 7.07. The van der Waals surface area contributed by atoms with Crippen molar-refractivity contribution in [3.63, 3.8) is 0 Å². The Morgan fingerprint density at radius 2 is 2.10 bits per heavy atom. The van der Waals surface area contributed by atoms with E-state index in [1.54, 1.807) is 7.11 Å². The monoisotopic (exact) mass is 277 g/mol. The summed E-state index contributed by atoms with van der Waals surface area (Å²) in [6.45, 7) is 4.08. The molecule has 1 unspecified atom stereocenters. The molecule has 0 fully saturated rings. The summed E-state index contributed by atoms with van der Waals surface area (Å²) in [4.78, 5) is 12.5. The van der Waals surface area contributed by atoms with Gasteiger partial charge in [0.2, 0.25) is 0 Å². The zero-order chi connectivity index (χ0) is 14.8. The Labute approximate surface area is 120 Å². The maximum Gasteiger partial charge on any atom is 0.330 e. The first kappa shape index (κ1) is 14.9. The van der Waals surface area contributed by atoms with Crippen molar-refractivity contribution in [2.75, 3.05) is 14.2 Å². The van der Waals surface area contributed by atoms with Crippen molar-refractivity contribution in [2.45, 2.75) is 44.7 Å². The fourth-order valence-electron chi connectivity index (χ4n) is 3.06. The lowest BCUT2D eigenvalue weighted by molar-refractivity contribution is -0.150.